The molecule has 6 nitrogen and oxygen atoms in total. The highest BCUT2D eigenvalue weighted by Gasteiger charge is 2.31. The van der Waals surface area contributed by atoms with Gasteiger partial charge in [0.2, 0.25) is 0 Å². The van der Waals surface area contributed by atoms with Crippen LogP contribution >= 0.6 is 11.3 Å². The molecule has 1 fully saturated rings. The predicted molar refractivity (Wildman–Crippen MR) is 81.7 cm³/mol. The number of thiazole rings is 1. The van der Waals surface area contributed by atoms with Crippen LogP contribution < -0.4 is 11.3 Å². The fraction of sp³-hybridized carbons (Fsp3) is 0.500. The zero-order chi connectivity index (χ0) is 15.0. The molecule has 0 saturated carbocycles. The molecule has 2 N–H and O–H groups in total. The summed E-state index contributed by atoms with van der Waals surface area (Å²) in [6, 6.07) is -0.108. The molecule has 7 heteroatoms. The number of amides is 1. The third-order valence-corrected chi connectivity index (χ3v) is 4.76. The summed E-state index contributed by atoms with van der Waals surface area (Å²) < 4.78 is 1.42. The minimum absolute atomic E-state index is 0.00572. The summed E-state index contributed by atoms with van der Waals surface area (Å²) in [5, 5.41) is 1.78. The van der Waals surface area contributed by atoms with Crippen LogP contribution in [0.25, 0.3) is 4.96 Å². The number of piperidine rings is 1. The Balaban J connectivity index is 1.99. The second-order valence-corrected chi connectivity index (χ2v) is 6.33. The van der Waals surface area contributed by atoms with Crippen LogP contribution in [0.15, 0.2) is 22.6 Å². The number of carbonyl (C=O) groups excluding carboxylic acids is 1. The van der Waals surface area contributed by atoms with E-state index in [0.29, 0.717) is 11.5 Å². The highest BCUT2D eigenvalue weighted by Crippen LogP contribution is 2.20. The van der Waals surface area contributed by atoms with Crippen LogP contribution in [0, 0.1) is 0 Å². The van der Waals surface area contributed by atoms with Gasteiger partial charge in [0, 0.05) is 36.4 Å². The first kappa shape index (κ1) is 14.2. The maximum atomic E-state index is 12.7. The molecule has 21 heavy (non-hydrogen) atoms. The Morgan fingerprint density at radius 3 is 3.10 bits per heavy atom. The zero-order valence-electron chi connectivity index (χ0n) is 11.9. The Morgan fingerprint density at radius 1 is 1.52 bits per heavy atom. The molecule has 2 aromatic heterocycles. The van der Waals surface area contributed by atoms with Gasteiger partial charge in [-0.05, 0) is 26.2 Å². The molecule has 112 valence electrons. The lowest BCUT2D eigenvalue weighted by Gasteiger charge is -2.37. The standard InChI is InChI=1S/C14H18N4O2S/c1-9(15)11-4-2-3-5-17(11)12(19)10-8-16-14-18(13(10)20)6-7-21-14/h6-9,11H,2-5,15H2,1H3/t9-,11+/m1/s1. The number of carbonyl (C=O) groups is 1. The molecule has 2 aromatic rings. The van der Waals surface area contributed by atoms with Crippen molar-refractivity contribution >= 4 is 22.2 Å². The lowest BCUT2D eigenvalue weighted by molar-refractivity contribution is 0.0581. The number of hydrogen-bond acceptors (Lipinski definition) is 5. The minimum atomic E-state index is -0.305. The summed E-state index contributed by atoms with van der Waals surface area (Å²) in [7, 11) is 0. The SMILES string of the molecule is C[C@@H](N)[C@@H]1CCCCN1C(=O)c1cnc2sccn2c1=O. The Bertz CT molecular complexity index is 721. The maximum absolute atomic E-state index is 12.7. The highest BCUT2D eigenvalue weighted by atomic mass is 32.1. The molecule has 0 aromatic carbocycles. The van der Waals surface area contributed by atoms with Crippen LogP contribution in [0.5, 0.6) is 0 Å². The van der Waals surface area contributed by atoms with E-state index in [1.165, 1.54) is 21.9 Å². The van der Waals surface area contributed by atoms with Crippen LogP contribution in [0.4, 0.5) is 0 Å². The van der Waals surface area contributed by atoms with Gasteiger partial charge in [-0.3, -0.25) is 14.0 Å². The number of aromatic nitrogens is 2. The average molecular weight is 306 g/mol. The molecule has 0 unspecified atom stereocenters. The molecule has 1 aliphatic rings. The predicted octanol–water partition coefficient (Wildman–Crippen LogP) is 1.10. The normalized spacial score (nSPS) is 20.7. The van der Waals surface area contributed by atoms with Crippen molar-refractivity contribution in [3.05, 3.63) is 33.7 Å². The van der Waals surface area contributed by atoms with Gasteiger partial charge in [-0.25, -0.2) is 4.98 Å². The molecule has 1 aliphatic heterocycles. The Labute approximate surface area is 126 Å². The van der Waals surface area contributed by atoms with Gasteiger partial charge >= 0.3 is 0 Å². The molecule has 0 spiro atoms. The summed E-state index contributed by atoms with van der Waals surface area (Å²) >= 11 is 1.37. The van der Waals surface area contributed by atoms with E-state index in [2.05, 4.69) is 4.98 Å². The van der Waals surface area contributed by atoms with Gasteiger partial charge in [-0.2, -0.15) is 0 Å². The third kappa shape index (κ3) is 2.47. The van der Waals surface area contributed by atoms with E-state index < -0.39 is 0 Å². The van der Waals surface area contributed by atoms with Crippen LogP contribution in [-0.2, 0) is 0 Å². The molecule has 3 rings (SSSR count). The summed E-state index contributed by atoms with van der Waals surface area (Å²) in [6.45, 7) is 2.56. The van der Waals surface area contributed by atoms with Gasteiger partial charge in [0.25, 0.3) is 11.5 Å². The Morgan fingerprint density at radius 2 is 2.33 bits per heavy atom. The van der Waals surface area contributed by atoms with E-state index in [4.69, 9.17) is 5.73 Å². The summed E-state index contributed by atoms with van der Waals surface area (Å²) in [5.74, 6) is -0.255. The number of fused-ring (bicyclic) bond motifs is 1. The fourth-order valence-electron chi connectivity index (χ4n) is 2.88. The molecule has 0 aliphatic carbocycles. The second-order valence-electron chi connectivity index (χ2n) is 5.45. The summed E-state index contributed by atoms with van der Waals surface area (Å²) in [6.07, 6.45) is 5.94. The van der Waals surface area contributed by atoms with Crippen molar-refractivity contribution in [3.63, 3.8) is 0 Å². The maximum Gasteiger partial charge on any atom is 0.271 e. The first-order valence-electron chi connectivity index (χ1n) is 7.11. The van der Waals surface area contributed by atoms with E-state index in [1.54, 1.807) is 16.5 Å². The fourth-order valence-corrected chi connectivity index (χ4v) is 3.56. The molecular weight excluding hydrogens is 288 g/mol. The summed E-state index contributed by atoms with van der Waals surface area (Å²) in [5.41, 5.74) is 5.81. The molecule has 1 amide bonds. The van der Waals surface area contributed by atoms with Crippen LogP contribution in [0.2, 0.25) is 0 Å². The van der Waals surface area contributed by atoms with E-state index in [-0.39, 0.29) is 29.1 Å². The van der Waals surface area contributed by atoms with Crippen molar-refractivity contribution in [1.29, 1.82) is 0 Å². The quantitative estimate of drug-likeness (QED) is 0.901. The largest absolute Gasteiger partial charge is 0.334 e. The van der Waals surface area contributed by atoms with Crippen LogP contribution in [0.1, 0.15) is 36.5 Å². The first-order valence-corrected chi connectivity index (χ1v) is 7.99. The minimum Gasteiger partial charge on any atom is -0.334 e. The monoisotopic (exact) mass is 306 g/mol. The number of rotatable bonds is 2. The van der Waals surface area contributed by atoms with E-state index in [1.807, 2.05) is 6.92 Å². The van der Waals surface area contributed by atoms with Gasteiger partial charge in [-0.15, -0.1) is 11.3 Å². The molecule has 3 heterocycles. The Hall–Kier alpha value is -1.73. The van der Waals surface area contributed by atoms with Gasteiger partial charge < -0.3 is 10.6 Å². The third-order valence-electron chi connectivity index (χ3n) is 3.99. The molecule has 2 atom stereocenters. The summed E-state index contributed by atoms with van der Waals surface area (Å²) in [4.78, 5) is 31.7. The Kier molecular flexibility index (Phi) is 3.77. The number of hydrogen-bond donors (Lipinski definition) is 1. The second kappa shape index (κ2) is 5.57. The molecule has 1 saturated heterocycles. The van der Waals surface area contributed by atoms with Crippen LogP contribution in [0.3, 0.4) is 0 Å². The smallest absolute Gasteiger partial charge is 0.271 e. The number of nitrogens with two attached hydrogens (primary N) is 1. The van der Waals surface area contributed by atoms with E-state index in [9.17, 15) is 9.59 Å². The van der Waals surface area contributed by atoms with E-state index in [0.717, 1.165) is 19.3 Å². The van der Waals surface area contributed by atoms with Gasteiger partial charge in [0.15, 0.2) is 4.96 Å². The van der Waals surface area contributed by atoms with Crippen molar-refractivity contribution in [1.82, 2.24) is 14.3 Å². The van der Waals surface area contributed by atoms with Gasteiger partial charge in [0.05, 0.1) is 0 Å². The van der Waals surface area contributed by atoms with E-state index >= 15 is 0 Å². The van der Waals surface area contributed by atoms with Crippen molar-refractivity contribution in [2.75, 3.05) is 6.54 Å². The first-order chi connectivity index (χ1) is 10.1. The van der Waals surface area contributed by atoms with Crippen molar-refractivity contribution < 1.29 is 4.79 Å². The number of nitrogens with zero attached hydrogens (tertiary/aromatic N) is 3. The topological polar surface area (TPSA) is 80.7 Å². The highest BCUT2D eigenvalue weighted by molar-refractivity contribution is 7.15. The van der Waals surface area contributed by atoms with Gasteiger partial charge in [0.1, 0.15) is 5.56 Å². The average Bonchev–Trinajstić information content (AvgIpc) is 2.96. The molecule has 0 bridgehead atoms. The number of likely N-dealkylation sites (tertiary alicyclic amines) is 1. The van der Waals surface area contributed by atoms with Gasteiger partial charge in [-0.1, -0.05) is 0 Å². The van der Waals surface area contributed by atoms with Crippen molar-refractivity contribution in [2.24, 2.45) is 5.73 Å². The molecular formula is C14H18N4O2S. The lowest BCUT2D eigenvalue weighted by Crippen LogP contribution is -2.52. The zero-order valence-corrected chi connectivity index (χ0v) is 12.7. The molecule has 0 radical (unpaired) electrons. The van der Waals surface area contributed by atoms with Crippen molar-refractivity contribution in [3.8, 4) is 0 Å². The van der Waals surface area contributed by atoms with Crippen molar-refractivity contribution in [2.45, 2.75) is 38.3 Å². The lowest BCUT2D eigenvalue weighted by atomic mass is 9.96. The van der Waals surface area contributed by atoms with Crippen LogP contribution in [-0.4, -0.2) is 38.8 Å².